The first-order valence-electron chi connectivity index (χ1n) is 8.73. The van der Waals surface area contributed by atoms with Gasteiger partial charge < -0.3 is 15.4 Å². The van der Waals surface area contributed by atoms with E-state index < -0.39 is 0 Å². The molecule has 25 heavy (non-hydrogen) atoms. The van der Waals surface area contributed by atoms with E-state index in [2.05, 4.69) is 48.5 Å². The zero-order valence-corrected chi connectivity index (χ0v) is 15.1. The SMILES string of the molecule is Cc1cc(C)c(Nc2ccc(C(=O)NCC3CCCO3)nc2)c(C)c1. The van der Waals surface area contributed by atoms with E-state index in [-0.39, 0.29) is 12.0 Å². The van der Waals surface area contributed by atoms with E-state index in [1.54, 1.807) is 12.3 Å². The third-order valence-corrected chi connectivity index (χ3v) is 4.46. The third kappa shape index (κ3) is 4.37. The molecule has 0 bridgehead atoms. The molecule has 132 valence electrons. The standard InChI is InChI=1S/C20H25N3O2/c1-13-9-14(2)19(15(3)10-13)23-16-6-7-18(21-11-16)20(24)22-12-17-5-4-8-25-17/h6-7,9-11,17,23H,4-5,8,12H2,1-3H3,(H,22,24). The van der Waals surface area contributed by atoms with Crippen LogP contribution in [0.1, 0.15) is 40.0 Å². The number of ether oxygens (including phenoxy) is 1. The van der Waals surface area contributed by atoms with Gasteiger partial charge in [-0.3, -0.25) is 4.79 Å². The van der Waals surface area contributed by atoms with E-state index in [0.29, 0.717) is 12.2 Å². The lowest BCUT2D eigenvalue weighted by Crippen LogP contribution is -2.32. The molecule has 3 rings (SSSR count). The summed E-state index contributed by atoms with van der Waals surface area (Å²) < 4.78 is 5.51. The Morgan fingerprint density at radius 2 is 2.00 bits per heavy atom. The molecule has 2 aromatic rings. The molecule has 1 aromatic carbocycles. The molecule has 1 aliphatic rings. The summed E-state index contributed by atoms with van der Waals surface area (Å²) in [7, 11) is 0. The average Bonchev–Trinajstić information content (AvgIpc) is 3.10. The number of benzene rings is 1. The van der Waals surface area contributed by atoms with Crippen molar-refractivity contribution in [1.82, 2.24) is 10.3 Å². The van der Waals surface area contributed by atoms with E-state index >= 15 is 0 Å². The number of amides is 1. The lowest BCUT2D eigenvalue weighted by molar-refractivity contribution is 0.0854. The third-order valence-electron chi connectivity index (χ3n) is 4.46. The largest absolute Gasteiger partial charge is 0.376 e. The zero-order chi connectivity index (χ0) is 17.8. The normalized spacial score (nSPS) is 16.7. The Balaban J connectivity index is 1.63. The minimum atomic E-state index is -0.162. The fourth-order valence-electron chi connectivity index (χ4n) is 3.23. The molecule has 1 atom stereocenters. The molecule has 2 heterocycles. The summed E-state index contributed by atoms with van der Waals surface area (Å²) in [6.45, 7) is 7.60. The van der Waals surface area contributed by atoms with E-state index in [1.165, 1.54) is 16.7 Å². The predicted molar refractivity (Wildman–Crippen MR) is 99.5 cm³/mol. The van der Waals surface area contributed by atoms with Gasteiger partial charge in [-0.25, -0.2) is 4.98 Å². The molecular formula is C20H25N3O2. The Hall–Kier alpha value is -2.40. The molecule has 5 heteroatoms. The molecule has 1 aromatic heterocycles. The first-order chi connectivity index (χ1) is 12.0. The Bertz CT molecular complexity index is 727. The summed E-state index contributed by atoms with van der Waals surface area (Å²) in [5, 5.41) is 6.28. The van der Waals surface area contributed by atoms with E-state index in [9.17, 15) is 4.79 Å². The van der Waals surface area contributed by atoms with E-state index in [1.807, 2.05) is 6.07 Å². The second-order valence-electron chi connectivity index (χ2n) is 6.68. The van der Waals surface area contributed by atoms with Crippen molar-refractivity contribution in [3.05, 3.63) is 52.8 Å². The van der Waals surface area contributed by atoms with Crippen LogP contribution in [0.15, 0.2) is 30.5 Å². The smallest absolute Gasteiger partial charge is 0.269 e. The van der Waals surface area contributed by atoms with Gasteiger partial charge in [0.25, 0.3) is 5.91 Å². The van der Waals surface area contributed by atoms with Crippen molar-refractivity contribution < 1.29 is 9.53 Å². The lowest BCUT2D eigenvalue weighted by atomic mass is 10.0. The second kappa shape index (κ2) is 7.66. The average molecular weight is 339 g/mol. The topological polar surface area (TPSA) is 63.2 Å². The summed E-state index contributed by atoms with van der Waals surface area (Å²) in [4.78, 5) is 16.4. The Kier molecular flexibility index (Phi) is 5.34. The van der Waals surface area contributed by atoms with Crippen LogP contribution in [0, 0.1) is 20.8 Å². The summed E-state index contributed by atoms with van der Waals surface area (Å²) >= 11 is 0. The van der Waals surface area contributed by atoms with Crippen LogP contribution in [0.25, 0.3) is 0 Å². The second-order valence-corrected chi connectivity index (χ2v) is 6.68. The number of hydrogen-bond donors (Lipinski definition) is 2. The maximum Gasteiger partial charge on any atom is 0.269 e. The number of aryl methyl sites for hydroxylation is 3. The van der Waals surface area contributed by atoms with Gasteiger partial charge in [0.15, 0.2) is 0 Å². The molecule has 1 amide bonds. The number of anilines is 2. The molecule has 0 aliphatic carbocycles. The number of carbonyl (C=O) groups is 1. The van der Waals surface area contributed by atoms with Crippen LogP contribution < -0.4 is 10.6 Å². The van der Waals surface area contributed by atoms with Gasteiger partial charge in [-0.2, -0.15) is 0 Å². The van der Waals surface area contributed by atoms with Crippen molar-refractivity contribution in [2.24, 2.45) is 0 Å². The summed E-state index contributed by atoms with van der Waals surface area (Å²) in [5.74, 6) is -0.162. The number of nitrogens with one attached hydrogen (secondary N) is 2. The van der Waals surface area contributed by atoms with Gasteiger partial charge >= 0.3 is 0 Å². The highest BCUT2D eigenvalue weighted by atomic mass is 16.5. The number of pyridine rings is 1. The van der Waals surface area contributed by atoms with Crippen molar-refractivity contribution in [2.75, 3.05) is 18.5 Å². The fourth-order valence-corrected chi connectivity index (χ4v) is 3.23. The van der Waals surface area contributed by atoms with Crippen molar-refractivity contribution in [3.63, 3.8) is 0 Å². The van der Waals surface area contributed by atoms with Crippen molar-refractivity contribution >= 4 is 17.3 Å². The van der Waals surface area contributed by atoms with Gasteiger partial charge in [-0.1, -0.05) is 17.7 Å². The van der Waals surface area contributed by atoms with Crippen LogP contribution in [0.5, 0.6) is 0 Å². The van der Waals surface area contributed by atoms with E-state index in [0.717, 1.165) is 30.8 Å². The number of nitrogens with zero attached hydrogens (tertiary/aromatic N) is 1. The monoisotopic (exact) mass is 339 g/mol. The number of aromatic nitrogens is 1. The highest BCUT2D eigenvalue weighted by Crippen LogP contribution is 2.25. The summed E-state index contributed by atoms with van der Waals surface area (Å²) in [5.41, 5.74) is 6.00. The van der Waals surface area contributed by atoms with Crippen LogP contribution in [0.4, 0.5) is 11.4 Å². The molecule has 1 fully saturated rings. The minimum Gasteiger partial charge on any atom is -0.376 e. The zero-order valence-electron chi connectivity index (χ0n) is 15.1. The quantitative estimate of drug-likeness (QED) is 0.873. The van der Waals surface area contributed by atoms with Crippen LogP contribution in [-0.2, 0) is 4.74 Å². The Labute approximate surface area is 148 Å². The van der Waals surface area contributed by atoms with Crippen molar-refractivity contribution in [3.8, 4) is 0 Å². The number of rotatable bonds is 5. The van der Waals surface area contributed by atoms with Gasteiger partial charge in [-0.05, 0) is 56.9 Å². The Morgan fingerprint density at radius 3 is 2.60 bits per heavy atom. The summed E-state index contributed by atoms with van der Waals surface area (Å²) in [6.07, 6.45) is 3.90. The molecule has 1 saturated heterocycles. The minimum absolute atomic E-state index is 0.136. The van der Waals surface area contributed by atoms with Crippen LogP contribution in [0.2, 0.25) is 0 Å². The van der Waals surface area contributed by atoms with Crippen molar-refractivity contribution in [2.45, 2.75) is 39.7 Å². The summed E-state index contributed by atoms with van der Waals surface area (Å²) in [6, 6.07) is 7.92. The molecule has 1 aliphatic heterocycles. The van der Waals surface area contributed by atoms with Gasteiger partial charge in [0.2, 0.25) is 0 Å². The maximum absolute atomic E-state index is 12.2. The number of carbonyl (C=O) groups excluding carboxylic acids is 1. The highest BCUT2D eigenvalue weighted by molar-refractivity contribution is 5.92. The Morgan fingerprint density at radius 1 is 1.24 bits per heavy atom. The first kappa shape index (κ1) is 17.4. The van der Waals surface area contributed by atoms with Crippen LogP contribution in [-0.4, -0.2) is 30.1 Å². The molecule has 1 unspecified atom stereocenters. The highest BCUT2D eigenvalue weighted by Gasteiger charge is 2.17. The van der Waals surface area contributed by atoms with Gasteiger partial charge in [-0.15, -0.1) is 0 Å². The molecule has 0 saturated carbocycles. The van der Waals surface area contributed by atoms with E-state index in [4.69, 9.17) is 4.74 Å². The number of hydrogen-bond acceptors (Lipinski definition) is 4. The first-order valence-corrected chi connectivity index (χ1v) is 8.73. The molecule has 2 N–H and O–H groups in total. The van der Waals surface area contributed by atoms with Crippen molar-refractivity contribution in [1.29, 1.82) is 0 Å². The molecule has 0 spiro atoms. The van der Waals surface area contributed by atoms with Crippen LogP contribution in [0.3, 0.4) is 0 Å². The van der Waals surface area contributed by atoms with Crippen LogP contribution >= 0.6 is 0 Å². The van der Waals surface area contributed by atoms with Gasteiger partial charge in [0.05, 0.1) is 18.0 Å². The fraction of sp³-hybridized carbons (Fsp3) is 0.400. The predicted octanol–water partition coefficient (Wildman–Crippen LogP) is 3.66. The maximum atomic E-state index is 12.2. The molecule has 0 radical (unpaired) electrons. The molecular weight excluding hydrogens is 314 g/mol. The van der Waals surface area contributed by atoms with Gasteiger partial charge in [0, 0.05) is 18.8 Å². The molecule has 5 nitrogen and oxygen atoms in total. The van der Waals surface area contributed by atoms with Gasteiger partial charge in [0.1, 0.15) is 5.69 Å². The lowest BCUT2D eigenvalue weighted by Gasteiger charge is -2.14.